The van der Waals surface area contributed by atoms with Crippen LogP contribution in [-0.2, 0) is 5.41 Å². The van der Waals surface area contributed by atoms with Crippen LogP contribution in [0.5, 0.6) is 0 Å². The SMILES string of the molecule is Cc1ccccc1C(=O)N1CCN(c2oc(/C=C/c3ccc(C(C)(C)C)cc3)nc2C#N)CC1. The third-order valence-corrected chi connectivity index (χ3v) is 6.16. The number of amides is 1. The molecule has 1 aliphatic heterocycles. The van der Waals surface area contributed by atoms with E-state index in [1.807, 2.05) is 47.1 Å². The molecule has 0 atom stereocenters. The predicted molar refractivity (Wildman–Crippen MR) is 135 cm³/mol. The Bertz CT molecular complexity index is 1230. The van der Waals surface area contributed by atoms with Crippen molar-refractivity contribution >= 4 is 23.9 Å². The summed E-state index contributed by atoms with van der Waals surface area (Å²) in [7, 11) is 0. The van der Waals surface area contributed by atoms with E-state index in [9.17, 15) is 10.1 Å². The van der Waals surface area contributed by atoms with Crippen LogP contribution in [0.1, 0.15) is 59.4 Å². The lowest BCUT2D eigenvalue weighted by molar-refractivity contribution is 0.0744. The second-order valence-corrected chi connectivity index (χ2v) is 9.62. The van der Waals surface area contributed by atoms with Gasteiger partial charge in [-0.2, -0.15) is 10.2 Å². The number of rotatable bonds is 4. The molecule has 0 N–H and O–H groups in total. The lowest BCUT2D eigenvalue weighted by Crippen LogP contribution is -2.49. The highest BCUT2D eigenvalue weighted by Gasteiger charge is 2.27. The van der Waals surface area contributed by atoms with Crippen LogP contribution in [0.15, 0.2) is 52.9 Å². The quantitative estimate of drug-likeness (QED) is 0.536. The van der Waals surface area contributed by atoms with Crippen molar-refractivity contribution < 1.29 is 9.21 Å². The minimum absolute atomic E-state index is 0.0388. The zero-order valence-electron chi connectivity index (χ0n) is 20.2. The Morgan fingerprint density at radius 2 is 1.71 bits per heavy atom. The fourth-order valence-electron chi connectivity index (χ4n) is 4.04. The van der Waals surface area contributed by atoms with Crippen LogP contribution in [0, 0.1) is 18.3 Å². The Morgan fingerprint density at radius 3 is 2.32 bits per heavy atom. The van der Waals surface area contributed by atoms with Gasteiger partial charge >= 0.3 is 0 Å². The van der Waals surface area contributed by atoms with Crippen LogP contribution in [0.3, 0.4) is 0 Å². The predicted octanol–water partition coefficient (Wildman–Crippen LogP) is 5.29. The third kappa shape index (κ3) is 5.04. The molecule has 6 nitrogen and oxygen atoms in total. The normalized spacial score (nSPS) is 14.4. The number of carbonyl (C=O) groups excluding carboxylic acids is 1. The molecule has 1 fully saturated rings. The first-order chi connectivity index (χ1) is 16.3. The number of aromatic nitrogens is 1. The maximum Gasteiger partial charge on any atom is 0.254 e. The smallest absolute Gasteiger partial charge is 0.254 e. The van der Waals surface area contributed by atoms with Gasteiger partial charge in [0.05, 0.1) is 0 Å². The Morgan fingerprint density at radius 1 is 1.03 bits per heavy atom. The molecule has 174 valence electrons. The van der Waals surface area contributed by atoms with E-state index in [-0.39, 0.29) is 17.0 Å². The van der Waals surface area contributed by atoms with Gasteiger partial charge in [0.25, 0.3) is 5.91 Å². The fraction of sp³-hybridized carbons (Fsp3) is 0.321. The maximum atomic E-state index is 12.9. The van der Waals surface area contributed by atoms with Crippen molar-refractivity contribution in [2.24, 2.45) is 0 Å². The molecule has 0 radical (unpaired) electrons. The molecule has 4 rings (SSSR count). The minimum atomic E-state index is 0.0388. The van der Waals surface area contributed by atoms with Gasteiger partial charge in [-0.1, -0.05) is 63.2 Å². The standard InChI is InChI=1S/C28H30N4O2/c1-20-7-5-6-8-23(20)26(33)31-15-17-32(18-16-31)27-24(19-29)30-25(34-27)14-11-21-9-12-22(13-10-21)28(2,3)4/h5-14H,15-18H2,1-4H3/b14-11+. The minimum Gasteiger partial charge on any atom is -0.420 e. The molecule has 34 heavy (non-hydrogen) atoms. The van der Waals surface area contributed by atoms with E-state index >= 15 is 0 Å². The van der Waals surface area contributed by atoms with Gasteiger partial charge in [0.2, 0.25) is 17.5 Å². The van der Waals surface area contributed by atoms with Gasteiger partial charge in [-0.15, -0.1) is 0 Å². The fourth-order valence-corrected chi connectivity index (χ4v) is 4.04. The molecule has 1 aliphatic rings. The first-order valence-corrected chi connectivity index (χ1v) is 11.6. The summed E-state index contributed by atoms with van der Waals surface area (Å²) in [6.07, 6.45) is 3.72. The van der Waals surface area contributed by atoms with Crippen LogP contribution in [0.4, 0.5) is 5.88 Å². The van der Waals surface area contributed by atoms with Gasteiger partial charge in [0.15, 0.2) is 0 Å². The van der Waals surface area contributed by atoms with Crippen molar-refractivity contribution in [2.75, 3.05) is 31.1 Å². The van der Waals surface area contributed by atoms with E-state index < -0.39 is 0 Å². The zero-order valence-corrected chi connectivity index (χ0v) is 20.2. The molecule has 0 saturated carbocycles. The van der Waals surface area contributed by atoms with Gasteiger partial charge in [-0.25, -0.2) is 0 Å². The van der Waals surface area contributed by atoms with Gasteiger partial charge in [0.1, 0.15) is 6.07 Å². The monoisotopic (exact) mass is 454 g/mol. The highest BCUT2D eigenvalue weighted by Crippen LogP contribution is 2.26. The van der Waals surface area contributed by atoms with E-state index in [2.05, 4.69) is 56.1 Å². The molecular weight excluding hydrogens is 424 g/mol. The summed E-state index contributed by atoms with van der Waals surface area (Å²) < 4.78 is 5.95. The first kappa shape index (κ1) is 23.3. The van der Waals surface area contributed by atoms with Gasteiger partial charge in [-0.3, -0.25) is 4.79 Å². The van der Waals surface area contributed by atoms with Crippen LogP contribution < -0.4 is 4.90 Å². The summed E-state index contributed by atoms with van der Waals surface area (Å²) in [5.74, 6) is 0.898. The molecule has 6 heteroatoms. The number of benzene rings is 2. The van der Waals surface area contributed by atoms with Crippen LogP contribution >= 0.6 is 0 Å². The van der Waals surface area contributed by atoms with Crippen molar-refractivity contribution in [3.05, 3.63) is 82.4 Å². The third-order valence-electron chi connectivity index (χ3n) is 6.16. The summed E-state index contributed by atoms with van der Waals surface area (Å²) >= 11 is 0. The van der Waals surface area contributed by atoms with Crippen molar-refractivity contribution in [1.29, 1.82) is 5.26 Å². The average Bonchev–Trinajstić information content (AvgIpc) is 3.26. The van der Waals surface area contributed by atoms with Crippen LogP contribution in [0.2, 0.25) is 0 Å². The summed E-state index contributed by atoms with van der Waals surface area (Å²) in [5.41, 5.74) is 4.39. The number of carbonyl (C=O) groups is 1. The van der Waals surface area contributed by atoms with Crippen molar-refractivity contribution in [3.8, 4) is 6.07 Å². The van der Waals surface area contributed by atoms with E-state index in [0.29, 0.717) is 38.0 Å². The summed E-state index contributed by atoms with van der Waals surface area (Å²) in [6.45, 7) is 10.8. The Balaban J connectivity index is 1.43. The number of nitrogens with zero attached hydrogens (tertiary/aromatic N) is 4. The number of nitriles is 1. The number of oxazole rings is 1. The molecular formula is C28H30N4O2. The number of hydrogen-bond acceptors (Lipinski definition) is 5. The summed E-state index contributed by atoms with van der Waals surface area (Å²) in [4.78, 5) is 21.1. The van der Waals surface area contributed by atoms with E-state index in [0.717, 1.165) is 16.7 Å². The maximum absolute atomic E-state index is 12.9. The van der Waals surface area contributed by atoms with E-state index in [1.165, 1.54) is 5.56 Å². The van der Waals surface area contributed by atoms with Gasteiger partial charge in [-0.05, 0) is 41.2 Å². The van der Waals surface area contributed by atoms with Crippen molar-refractivity contribution in [1.82, 2.24) is 9.88 Å². The Labute approximate surface area is 201 Å². The van der Waals surface area contributed by atoms with Gasteiger partial charge < -0.3 is 14.2 Å². The topological polar surface area (TPSA) is 73.4 Å². The highest BCUT2D eigenvalue weighted by molar-refractivity contribution is 5.95. The molecule has 2 heterocycles. The Kier molecular flexibility index (Phi) is 6.56. The van der Waals surface area contributed by atoms with Crippen molar-refractivity contribution in [3.63, 3.8) is 0 Å². The lowest BCUT2D eigenvalue weighted by Gasteiger charge is -2.34. The molecule has 0 aliphatic carbocycles. The molecule has 3 aromatic rings. The summed E-state index contributed by atoms with van der Waals surface area (Å²) in [5, 5.41) is 9.59. The van der Waals surface area contributed by atoms with Crippen molar-refractivity contribution in [2.45, 2.75) is 33.1 Å². The van der Waals surface area contributed by atoms with Crippen LogP contribution in [-0.4, -0.2) is 42.0 Å². The average molecular weight is 455 g/mol. The summed E-state index contributed by atoms with van der Waals surface area (Å²) in [6, 6.07) is 18.2. The van der Waals surface area contributed by atoms with Crippen LogP contribution in [0.25, 0.3) is 12.2 Å². The molecule has 0 unspecified atom stereocenters. The van der Waals surface area contributed by atoms with E-state index in [4.69, 9.17) is 4.42 Å². The zero-order chi connectivity index (χ0) is 24.3. The molecule has 0 bridgehead atoms. The molecule has 1 saturated heterocycles. The number of piperazine rings is 1. The number of anilines is 1. The molecule has 1 amide bonds. The van der Waals surface area contributed by atoms with E-state index in [1.54, 1.807) is 6.08 Å². The van der Waals surface area contributed by atoms with Gasteiger partial charge in [0, 0.05) is 37.8 Å². The Hall–Kier alpha value is -3.85. The molecule has 2 aromatic carbocycles. The highest BCUT2D eigenvalue weighted by atomic mass is 16.4. The second kappa shape index (κ2) is 9.56. The second-order valence-electron chi connectivity index (χ2n) is 9.62. The largest absolute Gasteiger partial charge is 0.420 e. The number of hydrogen-bond donors (Lipinski definition) is 0. The lowest BCUT2D eigenvalue weighted by atomic mass is 9.87. The molecule has 1 aromatic heterocycles. The number of aryl methyl sites for hydroxylation is 1. The first-order valence-electron chi connectivity index (χ1n) is 11.6. The molecule has 0 spiro atoms.